The summed E-state index contributed by atoms with van der Waals surface area (Å²) in [6.45, 7) is 4.87. The molecule has 0 spiro atoms. The number of anilines is 2. The highest BCUT2D eigenvalue weighted by Gasteiger charge is 2.20. The Balaban J connectivity index is 0.000000704. The summed E-state index contributed by atoms with van der Waals surface area (Å²) in [4.78, 5) is 0. The molecule has 0 aromatic heterocycles. The summed E-state index contributed by atoms with van der Waals surface area (Å²) in [6, 6.07) is 19.7. The van der Waals surface area contributed by atoms with Gasteiger partial charge in [-0.1, -0.05) is 44.2 Å². The fourth-order valence-electron chi connectivity index (χ4n) is 1.99. The van der Waals surface area contributed by atoms with Crippen molar-refractivity contribution >= 4 is 11.4 Å². The number of benzene rings is 2. The Morgan fingerprint density at radius 3 is 2.30 bits per heavy atom. The van der Waals surface area contributed by atoms with Crippen LogP contribution >= 0.6 is 0 Å². The number of hydrogen-bond acceptors (Lipinski definition) is 2. The highest BCUT2D eigenvalue weighted by Crippen LogP contribution is 2.25. The lowest BCUT2D eigenvalue weighted by Gasteiger charge is -2.09. The molecule has 20 heavy (non-hydrogen) atoms. The molecule has 0 aliphatic heterocycles. The second-order valence-electron chi connectivity index (χ2n) is 4.84. The SMILES string of the molecule is CC.c1ccc(NCc2cccc(NC3CC3)c2)cc1. The molecule has 2 aromatic rings. The Morgan fingerprint density at radius 1 is 0.900 bits per heavy atom. The van der Waals surface area contributed by atoms with Crippen LogP contribution in [0, 0.1) is 0 Å². The molecule has 0 bridgehead atoms. The average Bonchev–Trinajstić information content (AvgIpc) is 3.33. The third kappa shape index (κ3) is 4.61. The van der Waals surface area contributed by atoms with Gasteiger partial charge in [-0.3, -0.25) is 0 Å². The minimum Gasteiger partial charge on any atom is -0.382 e. The fourth-order valence-corrected chi connectivity index (χ4v) is 1.99. The normalized spacial score (nSPS) is 13.1. The minimum absolute atomic E-state index is 0.710. The first-order valence-corrected chi connectivity index (χ1v) is 7.54. The van der Waals surface area contributed by atoms with Gasteiger partial charge in [0.2, 0.25) is 0 Å². The highest BCUT2D eigenvalue weighted by atomic mass is 14.9. The van der Waals surface area contributed by atoms with E-state index in [4.69, 9.17) is 0 Å². The molecule has 2 heteroatoms. The van der Waals surface area contributed by atoms with E-state index in [-0.39, 0.29) is 0 Å². The number of hydrogen-bond donors (Lipinski definition) is 2. The van der Waals surface area contributed by atoms with Gasteiger partial charge in [0.25, 0.3) is 0 Å². The van der Waals surface area contributed by atoms with Crippen molar-refractivity contribution in [3.63, 3.8) is 0 Å². The van der Waals surface area contributed by atoms with E-state index >= 15 is 0 Å². The molecule has 2 aromatic carbocycles. The van der Waals surface area contributed by atoms with E-state index in [1.165, 1.54) is 24.1 Å². The van der Waals surface area contributed by atoms with Gasteiger partial charge in [0.05, 0.1) is 0 Å². The molecule has 0 heterocycles. The Hall–Kier alpha value is -1.96. The van der Waals surface area contributed by atoms with Crippen LogP contribution in [0.1, 0.15) is 32.3 Å². The monoisotopic (exact) mass is 268 g/mol. The van der Waals surface area contributed by atoms with Crippen molar-refractivity contribution in [1.82, 2.24) is 0 Å². The van der Waals surface area contributed by atoms with Crippen molar-refractivity contribution < 1.29 is 0 Å². The molecule has 0 unspecified atom stereocenters. The zero-order valence-electron chi connectivity index (χ0n) is 12.4. The van der Waals surface area contributed by atoms with Gasteiger partial charge >= 0.3 is 0 Å². The van der Waals surface area contributed by atoms with E-state index < -0.39 is 0 Å². The van der Waals surface area contributed by atoms with Crippen molar-refractivity contribution in [2.24, 2.45) is 0 Å². The van der Waals surface area contributed by atoms with Crippen molar-refractivity contribution in [2.45, 2.75) is 39.3 Å². The van der Waals surface area contributed by atoms with Crippen LogP contribution in [-0.4, -0.2) is 6.04 Å². The van der Waals surface area contributed by atoms with E-state index in [1.54, 1.807) is 0 Å². The Morgan fingerprint density at radius 2 is 1.60 bits per heavy atom. The smallest absolute Gasteiger partial charge is 0.0401 e. The van der Waals surface area contributed by atoms with Gasteiger partial charge in [-0.2, -0.15) is 0 Å². The summed E-state index contributed by atoms with van der Waals surface area (Å²) in [5.41, 5.74) is 3.72. The van der Waals surface area contributed by atoms with Gasteiger partial charge in [-0.15, -0.1) is 0 Å². The molecule has 0 saturated heterocycles. The maximum absolute atomic E-state index is 3.53. The maximum atomic E-state index is 3.53. The first kappa shape index (κ1) is 14.4. The van der Waals surface area contributed by atoms with Crippen molar-refractivity contribution in [2.75, 3.05) is 10.6 Å². The number of rotatable bonds is 5. The van der Waals surface area contributed by atoms with Crippen LogP contribution in [0.2, 0.25) is 0 Å². The van der Waals surface area contributed by atoms with Gasteiger partial charge < -0.3 is 10.6 Å². The van der Waals surface area contributed by atoms with E-state index in [2.05, 4.69) is 47.0 Å². The van der Waals surface area contributed by atoms with Crippen LogP contribution in [0.4, 0.5) is 11.4 Å². The van der Waals surface area contributed by atoms with Crippen molar-refractivity contribution in [3.05, 3.63) is 60.2 Å². The molecule has 1 aliphatic carbocycles. The number of nitrogens with one attached hydrogen (secondary N) is 2. The lowest BCUT2D eigenvalue weighted by atomic mass is 10.2. The van der Waals surface area contributed by atoms with Crippen LogP contribution < -0.4 is 10.6 Å². The summed E-state index contributed by atoms with van der Waals surface area (Å²) in [7, 11) is 0. The van der Waals surface area contributed by atoms with Crippen molar-refractivity contribution in [3.8, 4) is 0 Å². The van der Waals surface area contributed by atoms with Gasteiger partial charge in [-0.05, 0) is 42.7 Å². The zero-order chi connectivity index (χ0) is 14.2. The molecule has 1 saturated carbocycles. The molecule has 0 amide bonds. The Bertz CT molecular complexity index is 504. The van der Waals surface area contributed by atoms with Gasteiger partial charge in [0.15, 0.2) is 0 Å². The molecule has 2 N–H and O–H groups in total. The van der Waals surface area contributed by atoms with E-state index in [9.17, 15) is 0 Å². The summed E-state index contributed by atoms with van der Waals surface area (Å²) < 4.78 is 0. The summed E-state index contributed by atoms with van der Waals surface area (Å²) in [5, 5.41) is 6.96. The molecule has 0 atom stereocenters. The first-order valence-electron chi connectivity index (χ1n) is 7.54. The maximum Gasteiger partial charge on any atom is 0.0401 e. The third-order valence-corrected chi connectivity index (χ3v) is 3.15. The molecule has 1 aliphatic rings. The predicted molar refractivity (Wildman–Crippen MR) is 88.2 cm³/mol. The number of para-hydroxylation sites is 1. The molecule has 2 nitrogen and oxygen atoms in total. The first-order chi connectivity index (χ1) is 9.90. The van der Waals surface area contributed by atoms with E-state index in [0.29, 0.717) is 6.04 Å². The molecular formula is C18H24N2. The van der Waals surface area contributed by atoms with Crippen LogP contribution in [0.25, 0.3) is 0 Å². The van der Waals surface area contributed by atoms with Gasteiger partial charge in [0, 0.05) is 24.0 Å². The van der Waals surface area contributed by atoms with Crippen LogP contribution in [0.3, 0.4) is 0 Å². The highest BCUT2D eigenvalue weighted by molar-refractivity contribution is 5.49. The van der Waals surface area contributed by atoms with Crippen molar-refractivity contribution in [1.29, 1.82) is 0 Å². The van der Waals surface area contributed by atoms with E-state index in [0.717, 1.165) is 12.2 Å². The zero-order valence-corrected chi connectivity index (χ0v) is 12.4. The quantitative estimate of drug-likeness (QED) is 0.806. The largest absolute Gasteiger partial charge is 0.382 e. The van der Waals surface area contributed by atoms with E-state index in [1.807, 2.05) is 32.0 Å². The second-order valence-corrected chi connectivity index (χ2v) is 4.84. The topological polar surface area (TPSA) is 24.1 Å². The Kier molecular flexibility index (Phi) is 5.48. The molecule has 0 radical (unpaired) electrons. The second kappa shape index (κ2) is 7.59. The summed E-state index contributed by atoms with van der Waals surface area (Å²) in [6.07, 6.45) is 2.62. The lowest BCUT2D eigenvalue weighted by molar-refractivity contribution is 1.12. The lowest BCUT2D eigenvalue weighted by Crippen LogP contribution is -2.03. The van der Waals surface area contributed by atoms with Gasteiger partial charge in [0.1, 0.15) is 0 Å². The van der Waals surface area contributed by atoms with Crippen LogP contribution in [0.15, 0.2) is 54.6 Å². The third-order valence-electron chi connectivity index (χ3n) is 3.15. The molecular weight excluding hydrogens is 244 g/mol. The van der Waals surface area contributed by atoms with Crippen LogP contribution in [0.5, 0.6) is 0 Å². The average molecular weight is 268 g/mol. The standard InChI is InChI=1S/C16H18N2.C2H6/c1-2-6-14(7-3-1)17-12-13-5-4-8-16(11-13)18-15-9-10-15;1-2/h1-8,11,15,17-18H,9-10,12H2;1-2H3. The Labute approximate surface area is 122 Å². The fraction of sp³-hybridized carbons (Fsp3) is 0.333. The molecule has 1 fully saturated rings. The van der Waals surface area contributed by atoms with Gasteiger partial charge in [-0.25, -0.2) is 0 Å². The summed E-state index contributed by atoms with van der Waals surface area (Å²) >= 11 is 0. The minimum atomic E-state index is 0.710. The summed E-state index contributed by atoms with van der Waals surface area (Å²) in [5.74, 6) is 0. The molecule has 106 valence electrons. The van der Waals surface area contributed by atoms with Crippen LogP contribution in [-0.2, 0) is 6.54 Å². The predicted octanol–water partition coefficient (Wildman–Crippen LogP) is 4.90. The molecule has 3 rings (SSSR count).